The van der Waals surface area contributed by atoms with Gasteiger partial charge in [0.25, 0.3) is 11.5 Å². The SMILES string of the molecule is O=C(Nc1cn[nH]c(=O)c1)c1cc(Cl)c(Cl)cc1Oc1ccc(F)cc1. The van der Waals surface area contributed by atoms with Gasteiger partial charge < -0.3 is 10.1 Å². The number of carbonyl (C=O) groups excluding carboxylic acids is 1. The zero-order valence-electron chi connectivity index (χ0n) is 12.9. The molecule has 0 bridgehead atoms. The Morgan fingerprint density at radius 3 is 2.50 bits per heavy atom. The van der Waals surface area contributed by atoms with Crippen LogP contribution in [0.4, 0.5) is 10.1 Å². The maximum Gasteiger partial charge on any atom is 0.266 e. The second kappa shape index (κ2) is 7.55. The van der Waals surface area contributed by atoms with Crippen molar-refractivity contribution in [3.63, 3.8) is 0 Å². The van der Waals surface area contributed by atoms with Crippen LogP contribution in [0.2, 0.25) is 10.0 Å². The van der Waals surface area contributed by atoms with Crippen molar-refractivity contribution in [3.8, 4) is 11.5 Å². The molecule has 6 nitrogen and oxygen atoms in total. The van der Waals surface area contributed by atoms with Gasteiger partial charge in [-0.2, -0.15) is 5.10 Å². The summed E-state index contributed by atoms with van der Waals surface area (Å²) in [7, 11) is 0. The van der Waals surface area contributed by atoms with Crippen molar-refractivity contribution < 1.29 is 13.9 Å². The fourth-order valence-corrected chi connectivity index (χ4v) is 2.38. The van der Waals surface area contributed by atoms with Crippen LogP contribution in [0.3, 0.4) is 0 Å². The summed E-state index contributed by atoms with van der Waals surface area (Å²) in [5.41, 5.74) is -0.207. The van der Waals surface area contributed by atoms with Crippen LogP contribution in [0.25, 0.3) is 0 Å². The molecule has 0 aliphatic rings. The summed E-state index contributed by atoms with van der Waals surface area (Å²) < 4.78 is 18.7. The monoisotopic (exact) mass is 393 g/mol. The fraction of sp³-hybridized carbons (Fsp3) is 0. The van der Waals surface area contributed by atoms with E-state index in [1.165, 1.54) is 48.7 Å². The number of halogens is 3. The van der Waals surface area contributed by atoms with Crippen LogP contribution in [0.15, 0.2) is 53.5 Å². The third kappa shape index (κ3) is 4.19. The molecule has 0 fully saturated rings. The normalized spacial score (nSPS) is 10.4. The number of aromatic amines is 1. The predicted octanol–water partition coefficient (Wildman–Crippen LogP) is 4.26. The first-order valence-corrected chi connectivity index (χ1v) is 7.96. The van der Waals surface area contributed by atoms with Gasteiger partial charge in [-0.3, -0.25) is 9.59 Å². The van der Waals surface area contributed by atoms with Crippen molar-refractivity contribution in [1.82, 2.24) is 10.2 Å². The Hall–Kier alpha value is -2.90. The Kier molecular flexibility index (Phi) is 5.20. The van der Waals surface area contributed by atoms with Gasteiger partial charge in [-0.1, -0.05) is 23.2 Å². The van der Waals surface area contributed by atoms with E-state index in [0.29, 0.717) is 5.75 Å². The van der Waals surface area contributed by atoms with E-state index in [9.17, 15) is 14.0 Å². The summed E-state index contributed by atoms with van der Waals surface area (Å²) in [5.74, 6) is -0.600. The summed E-state index contributed by atoms with van der Waals surface area (Å²) in [5, 5.41) is 8.64. The molecule has 0 atom stereocenters. The Morgan fingerprint density at radius 1 is 1.12 bits per heavy atom. The van der Waals surface area contributed by atoms with Crippen molar-refractivity contribution in [1.29, 1.82) is 0 Å². The Morgan fingerprint density at radius 2 is 1.81 bits per heavy atom. The molecule has 1 heterocycles. The number of aromatic nitrogens is 2. The lowest BCUT2D eigenvalue weighted by Gasteiger charge is -2.13. The quantitative estimate of drug-likeness (QED) is 0.693. The number of nitrogens with zero attached hydrogens (tertiary/aromatic N) is 1. The van der Waals surface area contributed by atoms with Gasteiger partial charge in [0.1, 0.15) is 17.3 Å². The number of H-pyrrole nitrogens is 1. The highest BCUT2D eigenvalue weighted by Gasteiger charge is 2.17. The van der Waals surface area contributed by atoms with Crippen LogP contribution in [0, 0.1) is 5.82 Å². The van der Waals surface area contributed by atoms with Crippen LogP contribution >= 0.6 is 23.2 Å². The van der Waals surface area contributed by atoms with E-state index in [0.717, 1.165) is 0 Å². The lowest BCUT2D eigenvalue weighted by atomic mass is 10.1. The topological polar surface area (TPSA) is 84.1 Å². The Labute approximate surface area is 156 Å². The maximum absolute atomic E-state index is 13.0. The molecular weight excluding hydrogens is 384 g/mol. The number of anilines is 1. The molecule has 0 saturated carbocycles. The van der Waals surface area contributed by atoms with E-state index in [1.54, 1.807) is 0 Å². The highest BCUT2D eigenvalue weighted by atomic mass is 35.5. The van der Waals surface area contributed by atoms with Crippen LogP contribution in [0.5, 0.6) is 11.5 Å². The zero-order valence-corrected chi connectivity index (χ0v) is 14.4. The lowest BCUT2D eigenvalue weighted by Crippen LogP contribution is -2.16. The third-order valence-electron chi connectivity index (χ3n) is 3.23. The van der Waals surface area contributed by atoms with Crippen molar-refractivity contribution in [2.75, 3.05) is 5.32 Å². The van der Waals surface area contributed by atoms with Gasteiger partial charge in [0, 0.05) is 12.1 Å². The zero-order chi connectivity index (χ0) is 18.7. The first kappa shape index (κ1) is 17.9. The number of benzene rings is 2. The van der Waals surface area contributed by atoms with Crippen molar-refractivity contribution in [2.24, 2.45) is 0 Å². The molecule has 2 N–H and O–H groups in total. The first-order chi connectivity index (χ1) is 12.4. The molecule has 0 unspecified atom stereocenters. The Balaban J connectivity index is 1.94. The van der Waals surface area contributed by atoms with Gasteiger partial charge in [-0.05, 0) is 30.3 Å². The van der Waals surface area contributed by atoms with E-state index in [2.05, 4.69) is 15.5 Å². The summed E-state index contributed by atoms with van der Waals surface area (Å²) in [4.78, 5) is 23.8. The average Bonchev–Trinajstić information content (AvgIpc) is 2.60. The molecule has 0 aliphatic carbocycles. The molecule has 1 amide bonds. The van der Waals surface area contributed by atoms with E-state index in [4.69, 9.17) is 27.9 Å². The van der Waals surface area contributed by atoms with Crippen molar-refractivity contribution in [2.45, 2.75) is 0 Å². The number of carbonyl (C=O) groups is 1. The van der Waals surface area contributed by atoms with Gasteiger partial charge in [-0.25, -0.2) is 9.49 Å². The standard InChI is InChI=1S/C17H10Cl2FN3O3/c18-13-6-12(17(25)22-10-5-16(24)23-21-8-10)15(7-14(13)19)26-11-3-1-9(20)2-4-11/h1-8H,(H2,22,23,24,25). The Bertz CT molecular complexity index is 1020. The minimum Gasteiger partial charge on any atom is -0.456 e. The highest BCUT2D eigenvalue weighted by molar-refractivity contribution is 6.42. The van der Waals surface area contributed by atoms with Gasteiger partial charge in [0.15, 0.2) is 0 Å². The summed E-state index contributed by atoms with van der Waals surface area (Å²) >= 11 is 12.0. The van der Waals surface area contributed by atoms with E-state index >= 15 is 0 Å². The molecule has 26 heavy (non-hydrogen) atoms. The minimum atomic E-state index is -0.590. The van der Waals surface area contributed by atoms with Crippen molar-refractivity contribution >= 4 is 34.8 Å². The van der Waals surface area contributed by atoms with Gasteiger partial charge in [0.2, 0.25) is 0 Å². The molecular formula is C17H10Cl2FN3O3. The second-order valence-corrected chi connectivity index (χ2v) is 5.92. The van der Waals surface area contributed by atoms with Crippen LogP contribution in [0.1, 0.15) is 10.4 Å². The minimum absolute atomic E-state index is 0.0732. The second-order valence-electron chi connectivity index (χ2n) is 5.11. The maximum atomic E-state index is 13.0. The molecule has 0 aliphatic heterocycles. The van der Waals surface area contributed by atoms with Crippen LogP contribution < -0.4 is 15.6 Å². The van der Waals surface area contributed by atoms with Crippen LogP contribution in [-0.2, 0) is 0 Å². The molecule has 1 aromatic heterocycles. The molecule has 132 valence electrons. The number of hydrogen-bond acceptors (Lipinski definition) is 4. The number of hydrogen-bond donors (Lipinski definition) is 2. The van der Waals surface area contributed by atoms with Crippen molar-refractivity contribution in [3.05, 3.63) is 80.4 Å². The van der Waals surface area contributed by atoms with E-state index < -0.39 is 17.3 Å². The number of ether oxygens (including phenoxy) is 1. The third-order valence-corrected chi connectivity index (χ3v) is 3.95. The molecule has 2 aromatic carbocycles. The predicted molar refractivity (Wildman–Crippen MR) is 95.7 cm³/mol. The molecule has 3 aromatic rings. The first-order valence-electron chi connectivity index (χ1n) is 7.21. The summed E-state index contributed by atoms with van der Waals surface area (Å²) in [6.45, 7) is 0. The summed E-state index contributed by atoms with van der Waals surface area (Å²) in [6, 6.07) is 9.11. The summed E-state index contributed by atoms with van der Waals surface area (Å²) in [6.07, 6.45) is 1.28. The van der Waals surface area contributed by atoms with Gasteiger partial charge in [0.05, 0.1) is 27.5 Å². The van der Waals surface area contributed by atoms with E-state index in [1.807, 2.05) is 0 Å². The number of nitrogens with one attached hydrogen (secondary N) is 2. The average molecular weight is 394 g/mol. The highest BCUT2D eigenvalue weighted by Crippen LogP contribution is 2.34. The molecule has 0 spiro atoms. The molecule has 3 rings (SSSR count). The molecule has 9 heteroatoms. The van der Waals surface area contributed by atoms with Crippen LogP contribution in [-0.4, -0.2) is 16.1 Å². The molecule has 0 radical (unpaired) electrons. The van der Waals surface area contributed by atoms with E-state index in [-0.39, 0.29) is 27.0 Å². The number of amides is 1. The largest absolute Gasteiger partial charge is 0.456 e. The van der Waals surface area contributed by atoms with Gasteiger partial charge in [-0.15, -0.1) is 0 Å². The number of rotatable bonds is 4. The lowest BCUT2D eigenvalue weighted by molar-refractivity contribution is 0.102. The smallest absolute Gasteiger partial charge is 0.266 e. The van der Waals surface area contributed by atoms with Gasteiger partial charge >= 0.3 is 0 Å². The molecule has 0 saturated heterocycles. The fourth-order valence-electron chi connectivity index (χ4n) is 2.06.